The summed E-state index contributed by atoms with van der Waals surface area (Å²) in [5.74, 6) is 0. The summed E-state index contributed by atoms with van der Waals surface area (Å²) in [6, 6.07) is -1.47. The highest BCUT2D eigenvalue weighted by molar-refractivity contribution is 4.78. The van der Waals surface area contributed by atoms with E-state index in [4.69, 9.17) is 20.4 Å². The zero-order chi connectivity index (χ0) is 14.8. The summed E-state index contributed by atoms with van der Waals surface area (Å²) in [5, 5.41) is 54.9. The van der Waals surface area contributed by atoms with Gasteiger partial charge in [0.1, 0.15) is 0 Å². The molecule has 0 rings (SSSR count). The van der Waals surface area contributed by atoms with Crippen LogP contribution in [0.4, 0.5) is 0 Å². The fraction of sp³-hybridized carbons (Fsp3) is 1.00. The van der Waals surface area contributed by atoms with E-state index in [2.05, 4.69) is 0 Å². The molecule has 0 heterocycles. The van der Waals surface area contributed by atoms with Gasteiger partial charge in [0, 0.05) is 12.6 Å². The molecule has 116 valence electrons. The first-order valence-electron chi connectivity index (χ1n) is 6.24. The van der Waals surface area contributed by atoms with Crippen LogP contribution in [0.15, 0.2) is 0 Å². The van der Waals surface area contributed by atoms with Crippen LogP contribution in [0.2, 0.25) is 0 Å². The molecule has 8 nitrogen and oxygen atoms in total. The maximum atomic E-state index is 9.29. The Bertz CT molecular complexity index is 213. The molecular weight excluding hydrogens is 256 g/mol. The minimum atomic E-state index is -0.595. The normalized spacial score (nSPS) is 14.1. The molecule has 0 spiro atoms. The van der Waals surface area contributed by atoms with Gasteiger partial charge in [-0.3, -0.25) is 9.80 Å². The SMILES string of the molecule is CC(CN(CO)C(CO)CO)N(CO)C(CO)CO. The minimum absolute atomic E-state index is 0.263. The van der Waals surface area contributed by atoms with Gasteiger partial charge in [0.15, 0.2) is 0 Å². The lowest BCUT2D eigenvalue weighted by atomic mass is 10.2. The summed E-state index contributed by atoms with van der Waals surface area (Å²) >= 11 is 0. The second-order valence-electron chi connectivity index (χ2n) is 4.46. The molecule has 8 heteroatoms. The molecule has 0 bridgehead atoms. The average Bonchev–Trinajstić information content (AvgIpc) is 2.44. The van der Waals surface area contributed by atoms with Crippen molar-refractivity contribution < 1.29 is 30.6 Å². The lowest BCUT2D eigenvalue weighted by Gasteiger charge is -2.37. The zero-order valence-electron chi connectivity index (χ0n) is 11.3. The fourth-order valence-corrected chi connectivity index (χ4v) is 1.94. The number of hydrogen-bond donors (Lipinski definition) is 6. The van der Waals surface area contributed by atoms with Crippen LogP contribution in [0.5, 0.6) is 0 Å². The summed E-state index contributed by atoms with van der Waals surface area (Å²) in [4.78, 5) is 2.94. The predicted molar refractivity (Wildman–Crippen MR) is 68.1 cm³/mol. The van der Waals surface area contributed by atoms with Gasteiger partial charge in [-0.25, -0.2) is 0 Å². The van der Waals surface area contributed by atoms with Crippen LogP contribution >= 0.6 is 0 Å². The van der Waals surface area contributed by atoms with Crippen LogP contribution < -0.4 is 0 Å². The van der Waals surface area contributed by atoms with Gasteiger partial charge in [0.25, 0.3) is 0 Å². The van der Waals surface area contributed by atoms with Gasteiger partial charge in [-0.1, -0.05) is 0 Å². The lowest BCUT2D eigenvalue weighted by molar-refractivity contribution is -0.0442. The molecular formula is C11H26N2O6. The van der Waals surface area contributed by atoms with Gasteiger partial charge in [0.05, 0.1) is 52.0 Å². The highest BCUT2D eigenvalue weighted by atomic mass is 16.3. The van der Waals surface area contributed by atoms with Crippen LogP contribution in [0.1, 0.15) is 6.92 Å². The summed E-state index contributed by atoms with van der Waals surface area (Å²) in [6.07, 6.45) is 0. The van der Waals surface area contributed by atoms with Crippen LogP contribution in [-0.2, 0) is 0 Å². The monoisotopic (exact) mass is 282 g/mol. The summed E-state index contributed by atoms with van der Waals surface area (Å²) in [7, 11) is 0. The quantitative estimate of drug-likeness (QED) is 0.216. The maximum absolute atomic E-state index is 9.29. The second kappa shape index (κ2) is 10.5. The van der Waals surface area contributed by atoms with Crippen LogP contribution in [0, 0.1) is 0 Å². The molecule has 19 heavy (non-hydrogen) atoms. The number of nitrogens with zero attached hydrogens (tertiary/aromatic N) is 2. The first-order valence-corrected chi connectivity index (χ1v) is 6.24. The van der Waals surface area contributed by atoms with Crippen LogP contribution in [0.3, 0.4) is 0 Å². The van der Waals surface area contributed by atoms with Crippen molar-refractivity contribution in [2.24, 2.45) is 0 Å². The highest BCUT2D eigenvalue weighted by Gasteiger charge is 2.25. The van der Waals surface area contributed by atoms with Crippen molar-refractivity contribution in [3.8, 4) is 0 Å². The molecule has 0 aliphatic heterocycles. The summed E-state index contributed by atoms with van der Waals surface area (Å²) < 4.78 is 0. The Kier molecular flexibility index (Phi) is 10.3. The highest BCUT2D eigenvalue weighted by Crippen LogP contribution is 2.08. The van der Waals surface area contributed by atoms with Crippen LogP contribution in [-0.4, -0.2) is 105 Å². The van der Waals surface area contributed by atoms with E-state index in [1.165, 1.54) is 9.80 Å². The van der Waals surface area contributed by atoms with E-state index in [0.717, 1.165) is 0 Å². The molecule has 0 amide bonds. The fourth-order valence-electron chi connectivity index (χ4n) is 1.94. The molecule has 1 unspecified atom stereocenters. The molecule has 6 N–H and O–H groups in total. The molecule has 0 fully saturated rings. The van der Waals surface area contributed by atoms with E-state index in [1.54, 1.807) is 6.92 Å². The van der Waals surface area contributed by atoms with Gasteiger partial charge in [-0.15, -0.1) is 0 Å². The van der Waals surface area contributed by atoms with E-state index in [9.17, 15) is 10.2 Å². The minimum Gasteiger partial charge on any atom is -0.395 e. The Morgan fingerprint density at radius 3 is 1.53 bits per heavy atom. The molecule has 0 aliphatic rings. The third kappa shape index (κ3) is 5.67. The van der Waals surface area contributed by atoms with E-state index >= 15 is 0 Å². The largest absolute Gasteiger partial charge is 0.395 e. The average molecular weight is 282 g/mol. The van der Waals surface area contributed by atoms with Crippen molar-refractivity contribution in [2.75, 3.05) is 46.4 Å². The van der Waals surface area contributed by atoms with Crippen molar-refractivity contribution in [3.05, 3.63) is 0 Å². The topological polar surface area (TPSA) is 128 Å². The molecule has 0 aromatic carbocycles. The molecule has 0 saturated heterocycles. The van der Waals surface area contributed by atoms with Crippen molar-refractivity contribution in [1.82, 2.24) is 9.80 Å². The number of rotatable bonds is 11. The van der Waals surface area contributed by atoms with Gasteiger partial charge < -0.3 is 30.6 Å². The molecule has 0 aromatic heterocycles. The molecule has 0 saturated carbocycles. The van der Waals surface area contributed by atoms with Crippen molar-refractivity contribution >= 4 is 0 Å². The van der Waals surface area contributed by atoms with Crippen molar-refractivity contribution in [1.29, 1.82) is 0 Å². The molecule has 0 radical (unpaired) electrons. The van der Waals surface area contributed by atoms with E-state index < -0.39 is 12.1 Å². The summed E-state index contributed by atoms with van der Waals surface area (Å²) in [6.45, 7) is 0.113. The standard InChI is InChI=1S/C11H26N2O6/c1-9(13(8-19)11(5-16)6-17)2-12(7-18)10(3-14)4-15/h9-11,14-19H,2-8H2,1H3. The summed E-state index contributed by atoms with van der Waals surface area (Å²) in [5.41, 5.74) is 0. The number of aliphatic hydroxyl groups is 6. The maximum Gasteiger partial charge on any atom is 0.0963 e. The first-order chi connectivity index (χ1) is 9.09. The van der Waals surface area contributed by atoms with Gasteiger partial charge in [-0.05, 0) is 6.92 Å². The van der Waals surface area contributed by atoms with Crippen molar-refractivity contribution in [3.63, 3.8) is 0 Å². The van der Waals surface area contributed by atoms with E-state index in [1.807, 2.05) is 0 Å². The van der Waals surface area contributed by atoms with E-state index in [0.29, 0.717) is 0 Å². The predicted octanol–water partition coefficient (Wildman–Crippen LogP) is -3.42. The van der Waals surface area contributed by atoms with E-state index in [-0.39, 0.29) is 52.5 Å². The molecule has 0 aromatic rings. The molecule has 0 aliphatic carbocycles. The van der Waals surface area contributed by atoms with Crippen molar-refractivity contribution in [2.45, 2.75) is 25.0 Å². The third-order valence-corrected chi connectivity index (χ3v) is 3.24. The molecule has 1 atom stereocenters. The Morgan fingerprint density at radius 1 is 0.737 bits per heavy atom. The van der Waals surface area contributed by atoms with Gasteiger partial charge >= 0.3 is 0 Å². The van der Waals surface area contributed by atoms with Gasteiger partial charge in [-0.2, -0.15) is 0 Å². The number of hydrogen-bond acceptors (Lipinski definition) is 8. The Hall–Kier alpha value is -0.320. The Labute approximate surface area is 113 Å². The van der Waals surface area contributed by atoms with Crippen LogP contribution in [0.25, 0.3) is 0 Å². The first kappa shape index (κ1) is 18.7. The lowest BCUT2D eigenvalue weighted by Crippen LogP contribution is -2.53. The van der Waals surface area contributed by atoms with Gasteiger partial charge in [0.2, 0.25) is 0 Å². The Balaban J connectivity index is 4.63. The Morgan fingerprint density at radius 2 is 1.21 bits per heavy atom. The third-order valence-electron chi connectivity index (χ3n) is 3.24. The number of aliphatic hydroxyl groups excluding tert-OH is 6. The second-order valence-corrected chi connectivity index (χ2v) is 4.46. The smallest absolute Gasteiger partial charge is 0.0963 e. The zero-order valence-corrected chi connectivity index (χ0v) is 11.3.